The van der Waals surface area contributed by atoms with Crippen LogP contribution < -0.4 is 4.90 Å². The van der Waals surface area contributed by atoms with E-state index in [1.54, 1.807) is 0 Å². The molecule has 62 heavy (non-hydrogen) atoms. The van der Waals surface area contributed by atoms with Crippen molar-refractivity contribution in [2.75, 3.05) is 4.90 Å². The van der Waals surface area contributed by atoms with Crippen molar-refractivity contribution in [3.05, 3.63) is 283 Å². The largest absolute Gasteiger partial charge is 0.310 e. The van der Waals surface area contributed by atoms with E-state index in [0.717, 1.165) is 17.1 Å². The molecule has 10 aromatic carbocycles. The van der Waals surface area contributed by atoms with Crippen LogP contribution in [-0.4, -0.2) is 0 Å². The van der Waals surface area contributed by atoms with Crippen molar-refractivity contribution in [3.8, 4) is 55.6 Å². The van der Waals surface area contributed by atoms with Crippen molar-refractivity contribution in [2.24, 2.45) is 0 Å². The predicted molar refractivity (Wildman–Crippen MR) is 260 cm³/mol. The average Bonchev–Trinajstić information content (AvgIpc) is 3.66. The number of hydrogen-bond acceptors (Lipinski definition) is 1. The Hall–Kier alpha value is -8.00. The SMILES string of the molecule is c1ccc(-c2ccc(-c3ccc(N(c4ccc(-c5ccccc5)cc4)c4ccc5c(c4)C(c4ccccc4)(c4cccc(-c6ccccc6)c4)c4ccccc4-5)cc3)cc2)cc1. The number of benzene rings is 10. The highest BCUT2D eigenvalue weighted by atomic mass is 15.1. The lowest BCUT2D eigenvalue weighted by Gasteiger charge is -2.35. The summed E-state index contributed by atoms with van der Waals surface area (Å²) in [5.41, 5.74) is 19.9. The van der Waals surface area contributed by atoms with Crippen molar-refractivity contribution < 1.29 is 0 Å². The van der Waals surface area contributed by atoms with Gasteiger partial charge in [0.2, 0.25) is 0 Å². The number of hydrogen-bond donors (Lipinski definition) is 0. The Labute approximate surface area is 364 Å². The molecule has 0 amide bonds. The second kappa shape index (κ2) is 15.9. The van der Waals surface area contributed by atoms with Crippen LogP contribution in [0.4, 0.5) is 17.1 Å². The summed E-state index contributed by atoms with van der Waals surface area (Å²) < 4.78 is 0. The van der Waals surface area contributed by atoms with Crippen molar-refractivity contribution in [1.82, 2.24) is 0 Å². The zero-order chi connectivity index (χ0) is 41.3. The second-order valence-corrected chi connectivity index (χ2v) is 16.1. The van der Waals surface area contributed by atoms with Gasteiger partial charge in [-0.2, -0.15) is 0 Å². The van der Waals surface area contributed by atoms with Gasteiger partial charge in [0.1, 0.15) is 0 Å². The van der Waals surface area contributed by atoms with E-state index in [4.69, 9.17) is 0 Å². The van der Waals surface area contributed by atoms with E-state index in [9.17, 15) is 0 Å². The molecule has 292 valence electrons. The summed E-state index contributed by atoms with van der Waals surface area (Å²) >= 11 is 0. The van der Waals surface area contributed by atoms with Crippen LogP contribution in [-0.2, 0) is 5.41 Å². The zero-order valence-corrected chi connectivity index (χ0v) is 34.3. The molecular formula is C61H43N. The van der Waals surface area contributed by atoms with Crippen LogP contribution in [0.2, 0.25) is 0 Å². The van der Waals surface area contributed by atoms with Gasteiger partial charge in [-0.15, -0.1) is 0 Å². The molecule has 0 saturated heterocycles. The van der Waals surface area contributed by atoms with Gasteiger partial charge in [0.05, 0.1) is 5.41 Å². The summed E-state index contributed by atoms with van der Waals surface area (Å²) in [6, 6.07) is 95.3. The summed E-state index contributed by atoms with van der Waals surface area (Å²) in [5, 5.41) is 0. The van der Waals surface area contributed by atoms with E-state index in [1.165, 1.54) is 77.9 Å². The topological polar surface area (TPSA) is 3.24 Å². The highest BCUT2D eigenvalue weighted by Gasteiger charge is 2.46. The molecule has 1 heteroatoms. The van der Waals surface area contributed by atoms with E-state index >= 15 is 0 Å². The van der Waals surface area contributed by atoms with Crippen LogP contribution in [0.1, 0.15) is 22.3 Å². The third-order valence-electron chi connectivity index (χ3n) is 12.6. The normalized spacial score (nSPS) is 13.9. The quantitative estimate of drug-likeness (QED) is 0.141. The first-order valence-electron chi connectivity index (χ1n) is 21.4. The average molecular weight is 790 g/mol. The van der Waals surface area contributed by atoms with Crippen LogP contribution in [0.3, 0.4) is 0 Å². The van der Waals surface area contributed by atoms with Gasteiger partial charge in [0.15, 0.2) is 0 Å². The molecule has 0 radical (unpaired) electrons. The van der Waals surface area contributed by atoms with Gasteiger partial charge in [-0.05, 0) is 120 Å². The molecule has 0 fully saturated rings. The minimum absolute atomic E-state index is 0.563. The Morgan fingerprint density at radius 2 is 0.597 bits per heavy atom. The number of anilines is 3. The number of rotatable bonds is 9. The third kappa shape index (κ3) is 6.52. The monoisotopic (exact) mass is 789 g/mol. The van der Waals surface area contributed by atoms with Gasteiger partial charge in [0, 0.05) is 17.1 Å². The lowest BCUT2D eigenvalue weighted by molar-refractivity contribution is 0.769. The van der Waals surface area contributed by atoms with E-state index in [0.29, 0.717) is 0 Å². The molecule has 11 rings (SSSR count). The van der Waals surface area contributed by atoms with Crippen LogP contribution in [0.15, 0.2) is 261 Å². The lowest BCUT2D eigenvalue weighted by atomic mass is 9.67. The fourth-order valence-electron chi connectivity index (χ4n) is 9.62. The molecule has 0 heterocycles. The molecule has 0 bridgehead atoms. The molecule has 1 unspecified atom stereocenters. The van der Waals surface area contributed by atoms with Gasteiger partial charge in [0.25, 0.3) is 0 Å². The minimum atomic E-state index is -0.563. The fraction of sp³-hybridized carbons (Fsp3) is 0.0164. The first-order valence-corrected chi connectivity index (χ1v) is 21.4. The van der Waals surface area contributed by atoms with Gasteiger partial charge in [-0.3, -0.25) is 0 Å². The highest BCUT2D eigenvalue weighted by molar-refractivity contribution is 5.90. The smallest absolute Gasteiger partial charge is 0.0714 e. The highest BCUT2D eigenvalue weighted by Crippen LogP contribution is 2.57. The third-order valence-corrected chi connectivity index (χ3v) is 12.6. The fourth-order valence-corrected chi connectivity index (χ4v) is 9.62. The molecular weight excluding hydrogens is 747 g/mol. The summed E-state index contributed by atoms with van der Waals surface area (Å²) in [6.45, 7) is 0. The molecule has 0 aliphatic heterocycles. The van der Waals surface area contributed by atoms with E-state index in [2.05, 4.69) is 266 Å². The van der Waals surface area contributed by atoms with Crippen LogP contribution in [0.25, 0.3) is 55.6 Å². The predicted octanol–water partition coefficient (Wildman–Crippen LogP) is 16.2. The van der Waals surface area contributed by atoms with Crippen molar-refractivity contribution in [3.63, 3.8) is 0 Å². The Kier molecular flexibility index (Phi) is 9.48. The van der Waals surface area contributed by atoms with Gasteiger partial charge in [-0.1, -0.05) is 218 Å². The first-order chi connectivity index (χ1) is 30.7. The number of fused-ring (bicyclic) bond motifs is 3. The maximum atomic E-state index is 2.46. The Balaban J connectivity index is 1.08. The Bertz CT molecular complexity index is 3120. The Morgan fingerprint density at radius 3 is 1.13 bits per heavy atom. The maximum Gasteiger partial charge on any atom is 0.0714 e. The van der Waals surface area contributed by atoms with Crippen LogP contribution in [0.5, 0.6) is 0 Å². The molecule has 0 aromatic heterocycles. The summed E-state index contributed by atoms with van der Waals surface area (Å²) in [7, 11) is 0. The van der Waals surface area contributed by atoms with Gasteiger partial charge in [-0.25, -0.2) is 0 Å². The van der Waals surface area contributed by atoms with Crippen LogP contribution in [0, 0.1) is 0 Å². The summed E-state index contributed by atoms with van der Waals surface area (Å²) in [6.07, 6.45) is 0. The zero-order valence-electron chi connectivity index (χ0n) is 34.3. The van der Waals surface area contributed by atoms with Crippen molar-refractivity contribution in [1.29, 1.82) is 0 Å². The standard InChI is InChI=1S/C61H43N/c1-5-16-44(17-6-1)47-28-30-48(31-29-47)50-34-38-55(39-35-50)62(54-36-32-49(33-37-54)45-18-7-2-8-19-45)56-40-41-58-57-26-13-14-27-59(57)61(60(58)43-56,52-23-11-4-12-24-52)53-25-15-22-51(42-53)46-20-9-3-10-21-46/h1-43H. The molecule has 10 aromatic rings. The summed E-state index contributed by atoms with van der Waals surface area (Å²) in [4.78, 5) is 2.41. The molecule has 1 atom stereocenters. The van der Waals surface area contributed by atoms with Gasteiger partial charge < -0.3 is 4.90 Å². The maximum absolute atomic E-state index is 2.46. The molecule has 0 spiro atoms. The van der Waals surface area contributed by atoms with Crippen molar-refractivity contribution >= 4 is 17.1 Å². The second-order valence-electron chi connectivity index (χ2n) is 16.1. The number of nitrogens with zero attached hydrogens (tertiary/aromatic N) is 1. The van der Waals surface area contributed by atoms with E-state index < -0.39 is 5.41 Å². The molecule has 0 saturated carbocycles. The van der Waals surface area contributed by atoms with E-state index in [1.807, 2.05) is 0 Å². The van der Waals surface area contributed by atoms with Crippen LogP contribution >= 0.6 is 0 Å². The lowest BCUT2D eigenvalue weighted by Crippen LogP contribution is -2.29. The minimum Gasteiger partial charge on any atom is -0.310 e. The molecule has 1 nitrogen and oxygen atoms in total. The van der Waals surface area contributed by atoms with Crippen molar-refractivity contribution in [2.45, 2.75) is 5.41 Å². The van der Waals surface area contributed by atoms with Gasteiger partial charge >= 0.3 is 0 Å². The summed E-state index contributed by atoms with van der Waals surface area (Å²) in [5.74, 6) is 0. The molecule has 1 aliphatic carbocycles. The van der Waals surface area contributed by atoms with E-state index in [-0.39, 0.29) is 0 Å². The molecule has 1 aliphatic rings. The Morgan fingerprint density at radius 1 is 0.226 bits per heavy atom. The first kappa shape index (κ1) is 37.0. The molecule has 0 N–H and O–H groups in total.